The molecule has 0 aliphatic carbocycles. The normalized spacial score (nSPS) is 24.8. The highest BCUT2D eigenvalue weighted by molar-refractivity contribution is 5.85. The van der Waals surface area contributed by atoms with Crippen molar-refractivity contribution in [1.82, 2.24) is 15.2 Å². The number of rotatable bonds is 3. The Morgan fingerprint density at radius 3 is 3.11 bits per heavy atom. The number of morpholine rings is 1. The number of amides is 1. The predicted molar refractivity (Wildman–Crippen MR) is 67.9 cm³/mol. The van der Waals surface area contributed by atoms with Crippen LogP contribution >= 0.6 is 0 Å². The van der Waals surface area contributed by atoms with Gasteiger partial charge in [-0.05, 0) is 26.1 Å². The van der Waals surface area contributed by atoms with Crippen molar-refractivity contribution < 1.29 is 9.53 Å². The summed E-state index contributed by atoms with van der Waals surface area (Å²) in [5, 5.41) is 2.88. The van der Waals surface area contributed by atoms with E-state index in [2.05, 4.69) is 15.2 Å². The van der Waals surface area contributed by atoms with Gasteiger partial charge in [-0.25, -0.2) is 0 Å². The number of hydrogen-bond acceptors (Lipinski definition) is 4. The molecule has 0 spiro atoms. The molecule has 5 heteroatoms. The van der Waals surface area contributed by atoms with E-state index in [-0.39, 0.29) is 5.91 Å². The average Bonchev–Trinajstić information content (AvgIpc) is 2.37. The van der Waals surface area contributed by atoms with Gasteiger partial charge in [0.1, 0.15) is 0 Å². The zero-order valence-corrected chi connectivity index (χ0v) is 10.8. The number of carbonyl (C=O) groups is 1. The number of pyridine rings is 1. The molecule has 1 aromatic rings. The Morgan fingerprint density at radius 1 is 1.61 bits per heavy atom. The Bertz CT molecular complexity index is 410. The van der Waals surface area contributed by atoms with Crippen LogP contribution in [-0.4, -0.2) is 48.1 Å². The van der Waals surface area contributed by atoms with Gasteiger partial charge in [0.05, 0.1) is 18.8 Å². The number of nitrogens with one attached hydrogen (secondary N) is 1. The van der Waals surface area contributed by atoms with Crippen molar-refractivity contribution in [2.24, 2.45) is 0 Å². The van der Waals surface area contributed by atoms with Crippen LogP contribution in [0.3, 0.4) is 0 Å². The maximum atomic E-state index is 12.1. The Kier molecular flexibility index (Phi) is 3.93. The molecule has 2 rings (SSSR count). The van der Waals surface area contributed by atoms with Crippen molar-refractivity contribution in [2.75, 3.05) is 26.7 Å². The molecule has 1 atom stereocenters. The van der Waals surface area contributed by atoms with E-state index in [1.54, 1.807) is 6.20 Å². The predicted octanol–water partition coefficient (Wildman–Crippen LogP) is 0.418. The van der Waals surface area contributed by atoms with Crippen molar-refractivity contribution in [3.8, 4) is 0 Å². The molecule has 1 N–H and O–H groups in total. The Labute approximate surface area is 107 Å². The Morgan fingerprint density at radius 2 is 2.44 bits per heavy atom. The molecule has 1 saturated heterocycles. The van der Waals surface area contributed by atoms with E-state index in [0.717, 1.165) is 12.2 Å². The maximum absolute atomic E-state index is 12.1. The fraction of sp³-hybridized carbons (Fsp3) is 0.538. The topological polar surface area (TPSA) is 54.5 Å². The van der Waals surface area contributed by atoms with Crippen LogP contribution in [0, 0.1) is 0 Å². The average molecular weight is 249 g/mol. The molecule has 1 amide bonds. The first kappa shape index (κ1) is 13.0. The first-order chi connectivity index (χ1) is 8.60. The zero-order chi connectivity index (χ0) is 13.0. The third-order valence-corrected chi connectivity index (χ3v) is 3.10. The minimum atomic E-state index is -0.762. The van der Waals surface area contributed by atoms with Gasteiger partial charge in [0.25, 0.3) is 5.91 Å². The van der Waals surface area contributed by atoms with Crippen molar-refractivity contribution in [1.29, 1.82) is 0 Å². The zero-order valence-electron chi connectivity index (χ0n) is 10.8. The van der Waals surface area contributed by atoms with Crippen molar-refractivity contribution >= 4 is 5.91 Å². The molecule has 1 unspecified atom stereocenters. The van der Waals surface area contributed by atoms with Gasteiger partial charge < -0.3 is 15.0 Å². The second-order valence-corrected chi connectivity index (χ2v) is 4.82. The van der Waals surface area contributed by atoms with Crippen LogP contribution in [0.4, 0.5) is 0 Å². The molecule has 18 heavy (non-hydrogen) atoms. The smallest absolute Gasteiger partial charge is 0.253 e. The number of ether oxygens (including phenoxy) is 1. The molecule has 1 fully saturated rings. The van der Waals surface area contributed by atoms with Gasteiger partial charge in [0.2, 0.25) is 0 Å². The first-order valence-corrected chi connectivity index (χ1v) is 6.11. The van der Waals surface area contributed by atoms with E-state index in [1.165, 1.54) is 0 Å². The van der Waals surface area contributed by atoms with E-state index in [0.29, 0.717) is 19.7 Å². The molecule has 0 saturated carbocycles. The molecule has 1 aromatic heterocycles. The summed E-state index contributed by atoms with van der Waals surface area (Å²) in [4.78, 5) is 18.4. The van der Waals surface area contributed by atoms with Gasteiger partial charge in [-0.15, -0.1) is 0 Å². The minimum absolute atomic E-state index is 0.0836. The molecule has 0 bridgehead atoms. The lowest BCUT2D eigenvalue weighted by molar-refractivity contribution is -0.155. The van der Waals surface area contributed by atoms with E-state index >= 15 is 0 Å². The third-order valence-electron chi connectivity index (χ3n) is 3.10. The Balaban J connectivity index is 1.91. The monoisotopic (exact) mass is 249 g/mol. The number of likely N-dealkylation sites (N-methyl/N-ethyl adjacent to an activating group) is 1. The van der Waals surface area contributed by atoms with Crippen LogP contribution in [0.5, 0.6) is 0 Å². The van der Waals surface area contributed by atoms with E-state index in [1.807, 2.05) is 32.2 Å². The molecule has 5 nitrogen and oxygen atoms in total. The molecule has 98 valence electrons. The number of nitrogens with zero attached hydrogens (tertiary/aromatic N) is 2. The second-order valence-electron chi connectivity index (χ2n) is 4.82. The fourth-order valence-corrected chi connectivity index (χ4v) is 2.06. The van der Waals surface area contributed by atoms with Crippen LogP contribution in [0.2, 0.25) is 0 Å². The summed E-state index contributed by atoms with van der Waals surface area (Å²) in [6.07, 6.45) is 1.72. The lowest BCUT2D eigenvalue weighted by Crippen LogP contribution is -2.57. The van der Waals surface area contributed by atoms with E-state index in [9.17, 15) is 4.79 Å². The van der Waals surface area contributed by atoms with Gasteiger partial charge in [0, 0.05) is 19.3 Å². The van der Waals surface area contributed by atoms with Crippen LogP contribution in [0.25, 0.3) is 0 Å². The maximum Gasteiger partial charge on any atom is 0.253 e. The number of aromatic nitrogens is 1. The summed E-state index contributed by atoms with van der Waals surface area (Å²) >= 11 is 0. The Hall–Kier alpha value is -1.46. The lowest BCUT2D eigenvalue weighted by Gasteiger charge is -2.37. The third kappa shape index (κ3) is 3.05. The molecule has 1 aliphatic heterocycles. The van der Waals surface area contributed by atoms with Gasteiger partial charge in [-0.1, -0.05) is 6.07 Å². The highest BCUT2D eigenvalue weighted by Crippen LogP contribution is 2.16. The highest BCUT2D eigenvalue weighted by atomic mass is 16.5. The standard InChI is InChI=1S/C13H19N3O2/c1-13(10-16(2)7-8-18-13)12(17)15-9-11-5-3-4-6-14-11/h3-6H,7-10H2,1-2H3,(H,15,17). The molecule has 0 aromatic carbocycles. The minimum Gasteiger partial charge on any atom is -0.363 e. The largest absolute Gasteiger partial charge is 0.363 e. The highest BCUT2D eigenvalue weighted by Gasteiger charge is 2.37. The SMILES string of the molecule is CN1CCOC(C)(C(=O)NCc2ccccn2)C1. The van der Waals surface area contributed by atoms with Crippen LogP contribution in [0.1, 0.15) is 12.6 Å². The van der Waals surface area contributed by atoms with Crippen molar-refractivity contribution in [3.63, 3.8) is 0 Å². The summed E-state index contributed by atoms with van der Waals surface area (Å²) in [6.45, 7) is 4.33. The van der Waals surface area contributed by atoms with Gasteiger partial charge in [-0.3, -0.25) is 9.78 Å². The molecule has 2 heterocycles. The molecular formula is C13H19N3O2. The first-order valence-electron chi connectivity index (χ1n) is 6.11. The second kappa shape index (κ2) is 5.46. The van der Waals surface area contributed by atoms with Crippen LogP contribution < -0.4 is 5.32 Å². The van der Waals surface area contributed by atoms with Crippen molar-refractivity contribution in [2.45, 2.75) is 19.1 Å². The molecule has 0 radical (unpaired) electrons. The van der Waals surface area contributed by atoms with E-state index < -0.39 is 5.60 Å². The summed E-state index contributed by atoms with van der Waals surface area (Å²) in [6, 6.07) is 5.64. The molecular weight excluding hydrogens is 230 g/mol. The van der Waals surface area contributed by atoms with E-state index in [4.69, 9.17) is 4.74 Å². The fourth-order valence-electron chi connectivity index (χ4n) is 2.06. The summed E-state index contributed by atoms with van der Waals surface area (Å²) in [5.74, 6) is -0.0836. The lowest BCUT2D eigenvalue weighted by atomic mass is 10.0. The number of carbonyl (C=O) groups excluding carboxylic acids is 1. The van der Waals surface area contributed by atoms with Gasteiger partial charge in [-0.2, -0.15) is 0 Å². The van der Waals surface area contributed by atoms with Gasteiger partial charge >= 0.3 is 0 Å². The quantitative estimate of drug-likeness (QED) is 0.843. The number of hydrogen-bond donors (Lipinski definition) is 1. The van der Waals surface area contributed by atoms with Gasteiger partial charge in [0.15, 0.2) is 5.60 Å². The summed E-state index contributed by atoms with van der Waals surface area (Å²) in [5.41, 5.74) is 0.0838. The van der Waals surface area contributed by atoms with Crippen LogP contribution in [0.15, 0.2) is 24.4 Å². The summed E-state index contributed by atoms with van der Waals surface area (Å²) in [7, 11) is 1.99. The summed E-state index contributed by atoms with van der Waals surface area (Å²) < 4.78 is 5.61. The van der Waals surface area contributed by atoms with Crippen molar-refractivity contribution in [3.05, 3.63) is 30.1 Å². The molecule has 1 aliphatic rings. The van der Waals surface area contributed by atoms with Crippen LogP contribution in [-0.2, 0) is 16.1 Å².